The van der Waals surface area contributed by atoms with Crippen molar-refractivity contribution < 1.29 is 12.6 Å². The summed E-state index contributed by atoms with van der Waals surface area (Å²) in [6, 6.07) is 10.7. The van der Waals surface area contributed by atoms with Crippen molar-refractivity contribution in [2.75, 3.05) is 12.9 Å². The molecule has 0 unspecified atom stereocenters. The van der Waals surface area contributed by atoms with Crippen LogP contribution in [0.2, 0.25) is 0 Å². The Hall–Kier alpha value is -0.870. The zero-order valence-electron chi connectivity index (χ0n) is 14.5. The fourth-order valence-electron chi connectivity index (χ4n) is 2.70. The molecular formula is C19H32O3S. The summed E-state index contributed by atoms with van der Waals surface area (Å²) in [5.74, 6) is 0. The van der Waals surface area contributed by atoms with E-state index in [9.17, 15) is 8.42 Å². The van der Waals surface area contributed by atoms with Gasteiger partial charge < -0.3 is 0 Å². The molecule has 0 aliphatic carbocycles. The molecule has 23 heavy (non-hydrogen) atoms. The first kappa shape index (κ1) is 20.2. The standard InChI is InChI=1S/C19H32O3S/c1-23(20,21)22-18-14-9-7-5-3-2-4-6-8-11-15-19-16-12-10-13-17-19/h10,12-13,16-17H,2-9,11,14-15,18H2,1H3. The van der Waals surface area contributed by atoms with Crippen molar-refractivity contribution in [2.24, 2.45) is 0 Å². The Bertz CT molecular complexity index is 483. The molecule has 1 rings (SSSR count). The van der Waals surface area contributed by atoms with Gasteiger partial charge in [0.1, 0.15) is 0 Å². The van der Waals surface area contributed by atoms with Gasteiger partial charge in [0.25, 0.3) is 10.1 Å². The minimum absolute atomic E-state index is 0.334. The Morgan fingerprint density at radius 1 is 0.739 bits per heavy atom. The van der Waals surface area contributed by atoms with E-state index >= 15 is 0 Å². The summed E-state index contributed by atoms with van der Waals surface area (Å²) in [4.78, 5) is 0. The number of unbranched alkanes of at least 4 members (excludes halogenated alkanes) is 9. The lowest BCUT2D eigenvalue weighted by Crippen LogP contribution is -2.03. The molecule has 0 heterocycles. The fraction of sp³-hybridized carbons (Fsp3) is 0.684. The van der Waals surface area contributed by atoms with E-state index in [1.807, 2.05) is 0 Å². The van der Waals surface area contributed by atoms with Crippen LogP contribution in [0.4, 0.5) is 0 Å². The first-order valence-corrected chi connectivity index (χ1v) is 10.8. The lowest BCUT2D eigenvalue weighted by atomic mass is 10.0. The topological polar surface area (TPSA) is 43.4 Å². The summed E-state index contributed by atoms with van der Waals surface area (Å²) in [5.41, 5.74) is 1.45. The summed E-state index contributed by atoms with van der Waals surface area (Å²) in [6.07, 6.45) is 14.6. The van der Waals surface area contributed by atoms with Gasteiger partial charge in [0, 0.05) is 0 Å². The molecule has 0 amide bonds. The highest BCUT2D eigenvalue weighted by molar-refractivity contribution is 7.85. The summed E-state index contributed by atoms with van der Waals surface area (Å²) in [5, 5.41) is 0. The van der Waals surface area contributed by atoms with Crippen LogP contribution in [0.25, 0.3) is 0 Å². The monoisotopic (exact) mass is 340 g/mol. The van der Waals surface area contributed by atoms with Crippen molar-refractivity contribution in [1.82, 2.24) is 0 Å². The minimum atomic E-state index is -3.25. The molecule has 0 aromatic heterocycles. The van der Waals surface area contributed by atoms with Gasteiger partial charge in [-0.3, -0.25) is 4.18 Å². The summed E-state index contributed by atoms with van der Waals surface area (Å²) in [6.45, 7) is 0.334. The van der Waals surface area contributed by atoms with E-state index in [1.165, 1.54) is 63.4 Å². The SMILES string of the molecule is CS(=O)(=O)OCCCCCCCCCCCCc1ccccc1. The maximum Gasteiger partial charge on any atom is 0.264 e. The van der Waals surface area contributed by atoms with Crippen LogP contribution in [0.5, 0.6) is 0 Å². The molecule has 0 N–H and O–H groups in total. The average Bonchev–Trinajstić information content (AvgIpc) is 2.52. The van der Waals surface area contributed by atoms with Crippen LogP contribution in [0.3, 0.4) is 0 Å². The Labute approximate surface area is 142 Å². The van der Waals surface area contributed by atoms with E-state index in [0.717, 1.165) is 19.1 Å². The Kier molecular flexibility index (Phi) is 11.0. The molecule has 132 valence electrons. The molecule has 1 aromatic carbocycles. The highest BCUT2D eigenvalue weighted by Crippen LogP contribution is 2.12. The number of rotatable bonds is 14. The Balaban J connectivity index is 1.78. The molecular weight excluding hydrogens is 308 g/mol. The second-order valence-corrected chi connectivity index (χ2v) is 7.94. The van der Waals surface area contributed by atoms with Gasteiger partial charge in [-0.05, 0) is 24.8 Å². The maximum atomic E-state index is 10.8. The van der Waals surface area contributed by atoms with Crippen molar-refractivity contribution in [3.63, 3.8) is 0 Å². The van der Waals surface area contributed by atoms with Crippen molar-refractivity contribution in [3.8, 4) is 0 Å². The first-order chi connectivity index (χ1) is 11.1. The summed E-state index contributed by atoms with van der Waals surface area (Å²) in [7, 11) is -3.25. The third kappa shape index (κ3) is 13.3. The van der Waals surface area contributed by atoms with Gasteiger partial charge in [-0.25, -0.2) is 0 Å². The molecule has 0 aliphatic rings. The second kappa shape index (κ2) is 12.5. The van der Waals surface area contributed by atoms with E-state index in [1.54, 1.807) is 0 Å². The maximum absolute atomic E-state index is 10.8. The van der Waals surface area contributed by atoms with E-state index in [2.05, 4.69) is 30.3 Å². The van der Waals surface area contributed by atoms with E-state index in [0.29, 0.717) is 6.61 Å². The predicted octanol–water partition coefficient (Wildman–Crippen LogP) is 5.11. The number of hydrogen-bond acceptors (Lipinski definition) is 3. The number of hydrogen-bond donors (Lipinski definition) is 0. The third-order valence-electron chi connectivity index (χ3n) is 4.00. The van der Waals surface area contributed by atoms with Gasteiger partial charge in [-0.1, -0.05) is 81.7 Å². The van der Waals surface area contributed by atoms with Crippen molar-refractivity contribution >= 4 is 10.1 Å². The van der Waals surface area contributed by atoms with Gasteiger partial charge in [-0.2, -0.15) is 8.42 Å². The van der Waals surface area contributed by atoms with Crippen molar-refractivity contribution in [2.45, 2.75) is 70.6 Å². The molecule has 0 bridgehead atoms. The average molecular weight is 341 g/mol. The predicted molar refractivity (Wildman–Crippen MR) is 97.1 cm³/mol. The van der Waals surface area contributed by atoms with Gasteiger partial charge in [-0.15, -0.1) is 0 Å². The van der Waals surface area contributed by atoms with Crippen molar-refractivity contribution in [3.05, 3.63) is 35.9 Å². The van der Waals surface area contributed by atoms with E-state index in [-0.39, 0.29) is 0 Å². The molecule has 0 aliphatic heterocycles. The van der Waals surface area contributed by atoms with Gasteiger partial charge in [0.05, 0.1) is 12.9 Å². The molecule has 4 heteroatoms. The highest BCUT2D eigenvalue weighted by Gasteiger charge is 2.00. The van der Waals surface area contributed by atoms with Crippen molar-refractivity contribution in [1.29, 1.82) is 0 Å². The van der Waals surface area contributed by atoms with Gasteiger partial charge >= 0.3 is 0 Å². The lowest BCUT2D eigenvalue weighted by Gasteiger charge is -2.04. The third-order valence-corrected chi connectivity index (χ3v) is 4.59. The quantitative estimate of drug-likeness (QED) is 0.349. The first-order valence-electron chi connectivity index (χ1n) is 8.96. The van der Waals surface area contributed by atoms with Gasteiger partial charge in [0.15, 0.2) is 0 Å². The molecule has 0 atom stereocenters. The second-order valence-electron chi connectivity index (χ2n) is 6.30. The Morgan fingerprint density at radius 2 is 1.22 bits per heavy atom. The lowest BCUT2D eigenvalue weighted by molar-refractivity contribution is 0.309. The zero-order valence-corrected chi connectivity index (χ0v) is 15.3. The highest BCUT2D eigenvalue weighted by atomic mass is 32.2. The van der Waals surface area contributed by atoms with Crippen LogP contribution in [0.15, 0.2) is 30.3 Å². The van der Waals surface area contributed by atoms with Crippen LogP contribution >= 0.6 is 0 Å². The number of benzene rings is 1. The normalized spacial score (nSPS) is 11.7. The van der Waals surface area contributed by atoms with E-state index in [4.69, 9.17) is 4.18 Å². The van der Waals surface area contributed by atoms with E-state index < -0.39 is 10.1 Å². The molecule has 0 spiro atoms. The largest absolute Gasteiger partial charge is 0.270 e. The fourth-order valence-corrected chi connectivity index (χ4v) is 3.12. The summed E-state index contributed by atoms with van der Waals surface area (Å²) < 4.78 is 26.3. The number of aryl methyl sites for hydroxylation is 1. The smallest absolute Gasteiger partial charge is 0.264 e. The molecule has 0 radical (unpaired) electrons. The zero-order chi connectivity index (χ0) is 16.8. The van der Waals surface area contributed by atoms with Crippen LogP contribution in [0, 0.1) is 0 Å². The summed E-state index contributed by atoms with van der Waals surface area (Å²) >= 11 is 0. The van der Waals surface area contributed by atoms with Crippen LogP contribution in [0.1, 0.15) is 69.8 Å². The molecule has 0 fully saturated rings. The minimum Gasteiger partial charge on any atom is -0.270 e. The molecule has 1 aromatic rings. The molecule has 0 saturated heterocycles. The molecule has 3 nitrogen and oxygen atoms in total. The van der Waals surface area contributed by atoms with Gasteiger partial charge in [0.2, 0.25) is 0 Å². The van der Waals surface area contributed by atoms with Crippen LogP contribution in [-0.2, 0) is 20.7 Å². The van der Waals surface area contributed by atoms with Crippen LogP contribution < -0.4 is 0 Å². The molecule has 0 saturated carbocycles. The Morgan fingerprint density at radius 3 is 1.74 bits per heavy atom. The van der Waals surface area contributed by atoms with Crippen LogP contribution in [-0.4, -0.2) is 21.3 Å².